The lowest BCUT2D eigenvalue weighted by atomic mass is 10.4. The van der Waals surface area contributed by atoms with E-state index in [2.05, 4.69) is 27.2 Å². The van der Waals surface area contributed by atoms with Gasteiger partial charge in [-0.05, 0) is 25.5 Å². The Hall–Kier alpha value is -2.37. The molecule has 0 spiro atoms. The van der Waals surface area contributed by atoms with Crippen molar-refractivity contribution in [1.82, 2.24) is 15.0 Å². The van der Waals surface area contributed by atoms with Crippen molar-refractivity contribution in [2.45, 2.75) is 20.3 Å². The van der Waals surface area contributed by atoms with Gasteiger partial charge in [-0.1, -0.05) is 6.92 Å². The van der Waals surface area contributed by atoms with E-state index in [-0.39, 0.29) is 0 Å². The van der Waals surface area contributed by atoms with Crippen LogP contribution in [0, 0.1) is 6.92 Å². The largest absolute Gasteiger partial charge is 0.489 e. The highest BCUT2D eigenvalue weighted by Crippen LogP contribution is 2.33. The van der Waals surface area contributed by atoms with Crippen LogP contribution in [0.25, 0.3) is 0 Å². The molecular weight excluding hydrogens is 256 g/mol. The van der Waals surface area contributed by atoms with Crippen LogP contribution < -0.4 is 14.8 Å². The summed E-state index contributed by atoms with van der Waals surface area (Å²) < 4.78 is 11.0. The first-order valence-electron chi connectivity index (χ1n) is 6.48. The van der Waals surface area contributed by atoms with Gasteiger partial charge in [-0.25, -0.2) is 4.98 Å². The molecule has 6 heteroatoms. The highest BCUT2D eigenvalue weighted by molar-refractivity contribution is 5.55. The molecule has 0 aromatic carbocycles. The summed E-state index contributed by atoms with van der Waals surface area (Å²) in [6, 6.07) is 3.71. The third-order valence-electron chi connectivity index (χ3n) is 2.62. The molecule has 0 aliphatic heterocycles. The second kappa shape index (κ2) is 6.70. The summed E-state index contributed by atoms with van der Waals surface area (Å²) >= 11 is 0. The predicted molar refractivity (Wildman–Crippen MR) is 76.4 cm³/mol. The van der Waals surface area contributed by atoms with Gasteiger partial charge in [0.1, 0.15) is 12.1 Å². The average molecular weight is 274 g/mol. The molecule has 0 saturated carbocycles. The van der Waals surface area contributed by atoms with Gasteiger partial charge in [-0.2, -0.15) is 4.98 Å². The number of hydrogen-bond donors (Lipinski definition) is 1. The van der Waals surface area contributed by atoms with Crippen LogP contribution in [0.5, 0.6) is 17.4 Å². The first-order valence-corrected chi connectivity index (χ1v) is 6.48. The van der Waals surface area contributed by atoms with Crippen molar-refractivity contribution in [1.29, 1.82) is 0 Å². The zero-order valence-corrected chi connectivity index (χ0v) is 11.9. The Kier molecular flexibility index (Phi) is 4.70. The molecule has 2 aromatic rings. The van der Waals surface area contributed by atoms with Gasteiger partial charge in [0.15, 0.2) is 5.82 Å². The number of aromatic nitrogens is 3. The Labute approximate surface area is 118 Å². The maximum absolute atomic E-state index is 5.70. The number of pyridine rings is 1. The van der Waals surface area contributed by atoms with E-state index in [4.69, 9.17) is 9.47 Å². The fraction of sp³-hybridized carbons (Fsp3) is 0.357. The smallest absolute Gasteiger partial charge is 0.268 e. The summed E-state index contributed by atoms with van der Waals surface area (Å²) in [5.74, 6) is 2.08. The second-order valence-electron chi connectivity index (χ2n) is 4.22. The number of nitrogens with one attached hydrogen (secondary N) is 1. The average Bonchev–Trinajstić information content (AvgIpc) is 2.47. The Balaban J connectivity index is 2.24. The highest BCUT2D eigenvalue weighted by atomic mass is 16.5. The van der Waals surface area contributed by atoms with Crippen LogP contribution in [0.4, 0.5) is 5.82 Å². The van der Waals surface area contributed by atoms with E-state index in [1.807, 2.05) is 19.1 Å². The molecule has 2 rings (SSSR count). The summed E-state index contributed by atoms with van der Waals surface area (Å²) in [5, 5.41) is 3.18. The van der Waals surface area contributed by atoms with E-state index >= 15 is 0 Å². The Morgan fingerprint density at radius 3 is 2.70 bits per heavy atom. The van der Waals surface area contributed by atoms with Crippen LogP contribution in [0.3, 0.4) is 0 Å². The molecule has 0 aliphatic carbocycles. The number of nitrogens with zero attached hydrogens (tertiary/aromatic N) is 3. The van der Waals surface area contributed by atoms with Crippen molar-refractivity contribution in [3.63, 3.8) is 0 Å². The number of methoxy groups -OCH3 is 1. The van der Waals surface area contributed by atoms with Crippen LogP contribution in [0.2, 0.25) is 0 Å². The van der Waals surface area contributed by atoms with Crippen molar-refractivity contribution in [2.24, 2.45) is 0 Å². The zero-order chi connectivity index (χ0) is 14.4. The van der Waals surface area contributed by atoms with Crippen molar-refractivity contribution >= 4 is 5.82 Å². The molecule has 0 radical (unpaired) electrons. The standard InChI is InChI=1S/C14H18N4O2/c1-4-7-15-13-12(19-3)14(18-9-17-13)20-11-6-5-10(2)16-8-11/h5-6,8-9H,4,7H2,1-3H3,(H,15,17,18). The maximum atomic E-state index is 5.70. The van der Waals surface area contributed by atoms with Crippen molar-refractivity contribution in [2.75, 3.05) is 19.0 Å². The van der Waals surface area contributed by atoms with Gasteiger partial charge in [0, 0.05) is 12.2 Å². The molecule has 2 heterocycles. The minimum atomic E-state index is 0.367. The molecule has 0 aliphatic rings. The first kappa shape index (κ1) is 14.0. The number of hydrogen-bond acceptors (Lipinski definition) is 6. The van der Waals surface area contributed by atoms with Gasteiger partial charge >= 0.3 is 0 Å². The van der Waals surface area contributed by atoms with Crippen LogP contribution in [0.1, 0.15) is 19.0 Å². The van der Waals surface area contributed by atoms with E-state index in [0.29, 0.717) is 23.2 Å². The molecule has 0 fully saturated rings. The third-order valence-corrected chi connectivity index (χ3v) is 2.62. The zero-order valence-electron chi connectivity index (χ0n) is 11.9. The quantitative estimate of drug-likeness (QED) is 0.873. The number of ether oxygens (including phenoxy) is 2. The molecule has 1 N–H and O–H groups in total. The number of aryl methyl sites for hydroxylation is 1. The maximum Gasteiger partial charge on any atom is 0.268 e. The van der Waals surface area contributed by atoms with E-state index in [1.54, 1.807) is 13.3 Å². The van der Waals surface area contributed by atoms with E-state index in [9.17, 15) is 0 Å². The van der Waals surface area contributed by atoms with Crippen molar-refractivity contribution in [3.05, 3.63) is 30.4 Å². The summed E-state index contributed by atoms with van der Waals surface area (Å²) in [6.45, 7) is 4.80. The lowest BCUT2D eigenvalue weighted by Gasteiger charge is -2.12. The molecule has 20 heavy (non-hydrogen) atoms. The molecule has 0 saturated heterocycles. The molecule has 6 nitrogen and oxygen atoms in total. The van der Waals surface area contributed by atoms with Gasteiger partial charge in [0.05, 0.1) is 13.3 Å². The normalized spacial score (nSPS) is 10.2. The lowest BCUT2D eigenvalue weighted by Crippen LogP contribution is -2.06. The minimum absolute atomic E-state index is 0.367. The molecule has 0 unspecified atom stereocenters. The summed E-state index contributed by atoms with van der Waals surface area (Å²) in [4.78, 5) is 12.4. The van der Waals surface area contributed by atoms with Gasteiger partial charge in [-0.3, -0.25) is 4.98 Å². The second-order valence-corrected chi connectivity index (χ2v) is 4.22. The molecule has 0 bridgehead atoms. The summed E-state index contributed by atoms with van der Waals surface area (Å²) in [6.07, 6.45) is 4.08. The predicted octanol–water partition coefficient (Wildman–Crippen LogP) is 2.80. The topological polar surface area (TPSA) is 69.2 Å². The molecule has 2 aromatic heterocycles. The van der Waals surface area contributed by atoms with Crippen molar-refractivity contribution < 1.29 is 9.47 Å². The van der Waals surface area contributed by atoms with E-state index < -0.39 is 0 Å². The Morgan fingerprint density at radius 2 is 2.05 bits per heavy atom. The third kappa shape index (κ3) is 3.34. The molecular formula is C14H18N4O2. The SMILES string of the molecule is CCCNc1ncnc(Oc2ccc(C)nc2)c1OC. The van der Waals surface area contributed by atoms with Gasteiger partial charge in [0.25, 0.3) is 5.88 Å². The Morgan fingerprint density at radius 1 is 1.20 bits per heavy atom. The summed E-state index contributed by atoms with van der Waals surface area (Å²) in [7, 11) is 1.57. The molecule has 106 valence electrons. The van der Waals surface area contributed by atoms with Gasteiger partial charge < -0.3 is 14.8 Å². The van der Waals surface area contributed by atoms with Crippen LogP contribution >= 0.6 is 0 Å². The Bertz CT molecular complexity index is 558. The number of rotatable bonds is 6. The fourth-order valence-corrected chi connectivity index (χ4v) is 1.61. The molecule has 0 amide bonds. The van der Waals surface area contributed by atoms with Crippen LogP contribution in [0.15, 0.2) is 24.7 Å². The molecule has 0 atom stereocenters. The fourth-order valence-electron chi connectivity index (χ4n) is 1.61. The summed E-state index contributed by atoms with van der Waals surface area (Å²) in [5.41, 5.74) is 0.928. The number of anilines is 1. The minimum Gasteiger partial charge on any atom is -0.489 e. The monoisotopic (exact) mass is 274 g/mol. The van der Waals surface area contributed by atoms with E-state index in [1.165, 1.54) is 6.33 Å². The van der Waals surface area contributed by atoms with E-state index in [0.717, 1.165) is 18.7 Å². The highest BCUT2D eigenvalue weighted by Gasteiger charge is 2.14. The van der Waals surface area contributed by atoms with Crippen LogP contribution in [-0.2, 0) is 0 Å². The van der Waals surface area contributed by atoms with Gasteiger partial charge in [-0.15, -0.1) is 0 Å². The first-order chi connectivity index (χ1) is 9.74. The van der Waals surface area contributed by atoms with Crippen molar-refractivity contribution in [3.8, 4) is 17.4 Å². The lowest BCUT2D eigenvalue weighted by molar-refractivity contribution is 0.368. The van der Waals surface area contributed by atoms with Gasteiger partial charge in [0.2, 0.25) is 5.75 Å². The van der Waals surface area contributed by atoms with Crippen LogP contribution in [-0.4, -0.2) is 28.6 Å².